The maximum absolute atomic E-state index is 13.6. The minimum absolute atomic E-state index is 0.0322. The fourth-order valence-corrected chi connectivity index (χ4v) is 4.61. The number of hydrogen-bond acceptors (Lipinski definition) is 11. The molecule has 1 aliphatic carbocycles. The molecule has 2 amide bonds. The normalized spacial score (nSPS) is 17.5. The van der Waals surface area contributed by atoms with E-state index in [9.17, 15) is 19.2 Å². The number of nitrogens with one attached hydrogen (secondary N) is 2. The number of ether oxygens (including phenoxy) is 6. The van der Waals surface area contributed by atoms with Gasteiger partial charge in [0.25, 0.3) is 11.8 Å². The van der Waals surface area contributed by atoms with Crippen molar-refractivity contribution in [2.24, 2.45) is 5.92 Å². The second-order valence-electron chi connectivity index (χ2n) is 11.1. The van der Waals surface area contributed by atoms with Crippen molar-refractivity contribution in [1.82, 2.24) is 15.6 Å². The van der Waals surface area contributed by atoms with Crippen molar-refractivity contribution >= 4 is 30.0 Å². The van der Waals surface area contributed by atoms with E-state index in [-0.39, 0.29) is 35.7 Å². The Balaban J connectivity index is 1.61. The third-order valence-electron chi connectivity index (χ3n) is 7.02. The molecule has 0 bridgehead atoms. The molecule has 4 rings (SSSR count). The van der Waals surface area contributed by atoms with Gasteiger partial charge in [-0.3, -0.25) is 9.59 Å². The number of rotatable bonds is 13. The van der Waals surface area contributed by atoms with Gasteiger partial charge in [-0.1, -0.05) is 12.7 Å². The highest BCUT2D eigenvalue weighted by atomic mass is 16.8. The van der Waals surface area contributed by atoms with E-state index in [0.717, 1.165) is 12.8 Å². The molecule has 45 heavy (non-hydrogen) atoms. The Morgan fingerprint density at radius 1 is 1.11 bits per heavy atom. The lowest BCUT2D eigenvalue weighted by Gasteiger charge is -2.19. The van der Waals surface area contributed by atoms with E-state index in [4.69, 9.17) is 28.4 Å². The molecule has 1 saturated heterocycles. The van der Waals surface area contributed by atoms with Crippen molar-refractivity contribution in [1.29, 1.82) is 0 Å². The van der Waals surface area contributed by atoms with E-state index in [0.29, 0.717) is 35.9 Å². The van der Waals surface area contributed by atoms with Gasteiger partial charge in [0, 0.05) is 42.3 Å². The summed E-state index contributed by atoms with van der Waals surface area (Å²) in [4.78, 5) is 56.3. The Morgan fingerprint density at radius 2 is 1.87 bits per heavy atom. The van der Waals surface area contributed by atoms with Crippen molar-refractivity contribution < 1.29 is 47.6 Å². The highest BCUT2D eigenvalue weighted by molar-refractivity contribution is 6.06. The first-order valence-corrected chi connectivity index (χ1v) is 14.7. The summed E-state index contributed by atoms with van der Waals surface area (Å²) >= 11 is 0. The molecule has 2 aromatic rings. The molecule has 13 nitrogen and oxygen atoms in total. The number of pyridine rings is 1. The second-order valence-corrected chi connectivity index (χ2v) is 11.1. The van der Waals surface area contributed by atoms with Crippen LogP contribution in [0.1, 0.15) is 77.4 Å². The molecule has 2 atom stereocenters. The number of esters is 1. The minimum atomic E-state index is -1.40. The highest BCUT2D eigenvalue weighted by Crippen LogP contribution is 2.34. The quantitative estimate of drug-likeness (QED) is 0.244. The van der Waals surface area contributed by atoms with Gasteiger partial charge in [0.05, 0.1) is 13.7 Å². The molecule has 1 aromatic heterocycles. The largest absolute Gasteiger partial charge is 0.511 e. The average molecular weight is 626 g/mol. The molecule has 2 heterocycles. The summed E-state index contributed by atoms with van der Waals surface area (Å²) in [6.07, 6.45) is 0.647. The third kappa shape index (κ3) is 8.79. The summed E-state index contributed by atoms with van der Waals surface area (Å²) in [6, 6.07) is 6.12. The molecule has 13 heteroatoms. The molecule has 1 aliphatic heterocycles. The zero-order chi connectivity index (χ0) is 32.7. The second kappa shape index (κ2) is 14.5. The van der Waals surface area contributed by atoms with Gasteiger partial charge in [-0.15, -0.1) is 0 Å². The van der Waals surface area contributed by atoms with Crippen LogP contribution < -0.4 is 15.4 Å². The molecular weight excluding hydrogens is 586 g/mol. The lowest BCUT2D eigenvalue weighted by atomic mass is 9.94. The van der Waals surface area contributed by atoms with Crippen LogP contribution in [0.4, 0.5) is 4.79 Å². The fraction of sp³-hybridized carbons (Fsp3) is 0.469. The van der Waals surface area contributed by atoms with Gasteiger partial charge in [0.1, 0.15) is 24.2 Å². The van der Waals surface area contributed by atoms with Crippen LogP contribution in [0.15, 0.2) is 30.8 Å². The fourth-order valence-electron chi connectivity index (χ4n) is 4.61. The number of amides is 2. The monoisotopic (exact) mass is 625 g/mol. The topological polar surface area (TPSA) is 161 Å². The number of methoxy groups -OCH3 is 1. The van der Waals surface area contributed by atoms with Gasteiger partial charge in [0.15, 0.2) is 11.5 Å². The average Bonchev–Trinajstić information content (AvgIpc) is 3.78. The molecule has 2 unspecified atom stereocenters. The van der Waals surface area contributed by atoms with Crippen molar-refractivity contribution in [2.45, 2.75) is 58.7 Å². The Labute approximate surface area is 261 Å². The minimum Gasteiger partial charge on any atom is -0.496 e. The maximum atomic E-state index is 13.6. The van der Waals surface area contributed by atoms with E-state index in [1.807, 2.05) is 0 Å². The number of carbonyl (C=O) groups is 4. The number of hydrogen-bond donors (Lipinski definition) is 2. The predicted octanol–water partition coefficient (Wildman–Crippen LogP) is 4.10. The zero-order valence-corrected chi connectivity index (χ0v) is 26.1. The van der Waals surface area contributed by atoms with Crippen LogP contribution in [0.25, 0.3) is 17.2 Å². The van der Waals surface area contributed by atoms with Crippen LogP contribution in [0, 0.1) is 5.92 Å². The molecule has 1 saturated carbocycles. The Kier molecular flexibility index (Phi) is 10.8. The standard InChI is InChI=1S/C32H39N3O10/c1-7-20-13-24(28(36)33-8-2)23(14-26(20)40-6)22-11-12-25(29(37)34-15-19-9-10-19)35-27(22)30(38)43-18(3)44-31(39)41-16-21-17-42-32(4,5)45-21/h7,11-14,18-19,21H,1,8-10,15-17H2,2-6H3,(H,33,36)(H,34,37). The Hall–Kier alpha value is -4.49. The first-order valence-electron chi connectivity index (χ1n) is 14.7. The van der Waals surface area contributed by atoms with Crippen LogP contribution in [0.5, 0.6) is 5.75 Å². The van der Waals surface area contributed by atoms with Crippen LogP contribution in [-0.4, -0.2) is 80.5 Å². The van der Waals surface area contributed by atoms with Gasteiger partial charge in [-0.2, -0.15) is 0 Å². The molecular formula is C32H39N3O10. The molecule has 2 aliphatic rings. The van der Waals surface area contributed by atoms with Crippen LogP contribution in [-0.2, 0) is 23.7 Å². The van der Waals surface area contributed by atoms with Gasteiger partial charge in [0.2, 0.25) is 6.29 Å². The first kappa shape index (κ1) is 33.4. The van der Waals surface area contributed by atoms with Crippen molar-refractivity contribution in [2.75, 3.05) is 33.4 Å². The van der Waals surface area contributed by atoms with Crippen LogP contribution in [0.3, 0.4) is 0 Å². The molecule has 0 radical (unpaired) electrons. The summed E-state index contributed by atoms with van der Waals surface area (Å²) in [5.74, 6) is -1.88. The molecule has 2 fully saturated rings. The summed E-state index contributed by atoms with van der Waals surface area (Å²) in [7, 11) is 1.46. The molecule has 0 spiro atoms. The number of benzene rings is 1. The maximum Gasteiger partial charge on any atom is 0.511 e. The molecule has 2 N–H and O–H groups in total. The summed E-state index contributed by atoms with van der Waals surface area (Å²) in [6.45, 7) is 11.3. The Morgan fingerprint density at radius 3 is 2.49 bits per heavy atom. The van der Waals surface area contributed by atoms with Gasteiger partial charge in [-0.05, 0) is 63.8 Å². The van der Waals surface area contributed by atoms with E-state index in [2.05, 4.69) is 22.2 Å². The lowest BCUT2D eigenvalue weighted by molar-refractivity contribution is -0.145. The molecule has 242 valence electrons. The smallest absolute Gasteiger partial charge is 0.496 e. The van der Waals surface area contributed by atoms with Gasteiger partial charge < -0.3 is 39.1 Å². The van der Waals surface area contributed by atoms with Crippen molar-refractivity contribution in [3.8, 4) is 16.9 Å². The van der Waals surface area contributed by atoms with Crippen LogP contribution >= 0.6 is 0 Å². The number of nitrogens with zero attached hydrogens (tertiary/aromatic N) is 1. The van der Waals surface area contributed by atoms with Crippen molar-refractivity contribution in [3.63, 3.8) is 0 Å². The third-order valence-corrected chi connectivity index (χ3v) is 7.02. The van der Waals surface area contributed by atoms with E-state index >= 15 is 0 Å². The lowest BCUT2D eigenvalue weighted by Crippen LogP contribution is -2.29. The first-order chi connectivity index (χ1) is 21.4. The summed E-state index contributed by atoms with van der Waals surface area (Å²) < 4.78 is 32.1. The van der Waals surface area contributed by atoms with Crippen LogP contribution in [0.2, 0.25) is 0 Å². The summed E-state index contributed by atoms with van der Waals surface area (Å²) in [5.41, 5.74) is 0.927. The number of carbonyl (C=O) groups excluding carboxylic acids is 4. The van der Waals surface area contributed by atoms with Crippen molar-refractivity contribution in [3.05, 3.63) is 53.4 Å². The van der Waals surface area contributed by atoms with Gasteiger partial charge in [-0.25, -0.2) is 14.6 Å². The SMILES string of the molecule is C=Cc1cc(C(=O)NCC)c(-c2ccc(C(=O)NCC3CC3)nc2C(=O)OC(C)OC(=O)OCC2COC(C)(C)O2)cc1OC. The number of aromatic nitrogens is 1. The highest BCUT2D eigenvalue weighted by Gasteiger charge is 2.34. The van der Waals surface area contributed by atoms with E-state index in [1.54, 1.807) is 32.9 Å². The zero-order valence-electron chi connectivity index (χ0n) is 26.1. The van der Waals surface area contributed by atoms with Gasteiger partial charge >= 0.3 is 12.1 Å². The van der Waals surface area contributed by atoms with E-state index < -0.39 is 42.1 Å². The molecule has 1 aromatic carbocycles. The Bertz CT molecular complexity index is 1450. The summed E-state index contributed by atoms with van der Waals surface area (Å²) in [5, 5.41) is 5.58. The van der Waals surface area contributed by atoms with E-state index in [1.165, 1.54) is 32.2 Å². The predicted molar refractivity (Wildman–Crippen MR) is 162 cm³/mol.